The van der Waals surface area contributed by atoms with Gasteiger partial charge in [0, 0.05) is 19.4 Å². The number of rotatable bonds is 0. The highest BCUT2D eigenvalue weighted by Crippen LogP contribution is 1.23. The predicted molar refractivity (Wildman–Crippen MR) is 20.5 cm³/mol. The Morgan fingerprint density at radius 1 is 1.25 bits per heavy atom. The van der Waals surface area contributed by atoms with Gasteiger partial charge in [-0.15, -0.1) is 0 Å². The van der Waals surface area contributed by atoms with Gasteiger partial charge >= 0.3 is 0 Å². The average Bonchev–Trinajstić information content (AvgIpc) is 1.00. The van der Waals surface area contributed by atoms with Gasteiger partial charge in [0.05, 0.1) is 0 Å². The van der Waals surface area contributed by atoms with E-state index in [-0.39, 0.29) is 19.4 Å². The van der Waals surface area contributed by atoms with E-state index >= 15 is 0 Å². The van der Waals surface area contributed by atoms with Crippen molar-refractivity contribution in [1.82, 2.24) is 0 Å². The summed E-state index contributed by atoms with van der Waals surface area (Å²) in [6.45, 7) is 0. The fourth-order valence-corrected chi connectivity index (χ4v) is 0. The molecule has 0 unspecified atom stereocenters. The molecule has 0 aromatic rings. The highest BCUT2D eigenvalue weighted by atomic mass is 31.0. The van der Waals surface area contributed by atoms with E-state index in [2.05, 4.69) is 0 Å². The lowest BCUT2D eigenvalue weighted by molar-refractivity contribution is 0.607. The molecule has 4 heavy (non-hydrogen) atoms. The zero-order valence-electron chi connectivity index (χ0n) is 1.99. The van der Waals surface area contributed by atoms with Crippen LogP contribution in [-0.2, 0) is 4.57 Å². The van der Waals surface area contributed by atoms with Gasteiger partial charge in [0.2, 0.25) is 0 Å². The average molecular weight is 86.9 g/mol. The normalized spacial score (nSPS) is 1.00. The molecule has 7 radical (unpaired) electrons. The van der Waals surface area contributed by atoms with Crippen LogP contribution in [0.25, 0.3) is 0 Å². The third-order valence-electron chi connectivity index (χ3n) is 0. The van der Waals surface area contributed by atoms with Crippen LogP contribution < -0.4 is 0 Å². The van der Waals surface area contributed by atoms with Crippen molar-refractivity contribution >= 4 is 28.5 Å². The summed E-state index contributed by atoms with van der Waals surface area (Å²) in [6.07, 6.45) is 0. The van der Waals surface area contributed by atoms with Gasteiger partial charge in [-0.1, -0.05) is 0 Å². The summed E-state index contributed by atoms with van der Waals surface area (Å²) in [7, 11) is 1.72. The molecule has 0 aliphatic rings. The second kappa shape index (κ2) is 132. The minimum atomic E-state index is 0. The second-order valence-corrected chi connectivity index (χ2v) is 0. The van der Waals surface area contributed by atoms with Gasteiger partial charge in [-0.2, -0.15) is 0 Å². The monoisotopic (exact) mass is 87.0 g/mol. The first-order valence-corrected chi connectivity index (χ1v) is 0.612. The van der Waals surface area contributed by atoms with Crippen LogP contribution in [0.3, 0.4) is 0 Å². The lowest BCUT2D eigenvalue weighted by Gasteiger charge is -0.807. The lowest BCUT2D eigenvalue weighted by Crippen LogP contribution is -0.489. The van der Waals surface area contributed by atoms with E-state index in [0.717, 1.165) is 0 Å². The van der Waals surface area contributed by atoms with Crippen molar-refractivity contribution < 1.29 is 4.57 Å². The largest absolute Gasteiger partial charge is 0.279 e. The van der Waals surface area contributed by atoms with Crippen molar-refractivity contribution in [3.63, 3.8) is 0 Å². The lowest BCUT2D eigenvalue weighted by atomic mass is 10.8. The highest BCUT2D eigenvalue weighted by molar-refractivity contribution is 7.00. The molecule has 0 aliphatic carbocycles. The van der Waals surface area contributed by atoms with E-state index in [1.807, 2.05) is 0 Å². The second-order valence-electron chi connectivity index (χ2n) is 0. The smallest absolute Gasteiger partial charge is 0.138 e. The summed E-state index contributed by atoms with van der Waals surface area (Å²) in [5.74, 6) is 0. The van der Waals surface area contributed by atoms with Crippen molar-refractivity contribution in [3.05, 3.63) is 0 Å². The molecule has 19 valence electrons. The maximum atomic E-state index is 8.06. The maximum Gasteiger partial charge on any atom is 0.138 e. The Morgan fingerprint density at radius 3 is 1.25 bits per heavy atom. The summed E-state index contributed by atoms with van der Waals surface area (Å²) in [5, 5.41) is 0. The minimum Gasteiger partial charge on any atom is -0.279 e. The van der Waals surface area contributed by atoms with Crippen LogP contribution in [0.15, 0.2) is 0 Å². The summed E-state index contributed by atoms with van der Waals surface area (Å²) in [4.78, 5) is 0. The van der Waals surface area contributed by atoms with Gasteiger partial charge in [0.1, 0.15) is 9.12 Å². The Balaban J connectivity index is -0.00000000500. The van der Waals surface area contributed by atoms with E-state index in [1.54, 1.807) is 9.12 Å². The maximum absolute atomic E-state index is 8.06. The standard InChI is InChI=1S/B.HOP.Si/c;1-2;/h;2H;. The Morgan fingerprint density at radius 2 is 1.25 bits per heavy atom. The highest BCUT2D eigenvalue weighted by Gasteiger charge is 0.667. The Bertz CT molecular complexity index is 8.00. The van der Waals surface area contributed by atoms with Crippen molar-refractivity contribution in [3.8, 4) is 0 Å². The first-order valence-electron chi connectivity index (χ1n) is 0.204. The summed E-state index contributed by atoms with van der Waals surface area (Å²) in [5.41, 5.74) is 0. The van der Waals surface area contributed by atoms with Gasteiger partial charge in [0.25, 0.3) is 0 Å². The van der Waals surface area contributed by atoms with Crippen LogP contribution in [0.2, 0.25) is 0 Å². The van der Waals surface area contributed by atoms with Gasteiger partial charge in [0.15, 0.2) is 0 Å². The SMILES string of the molecule is O=P.[B].[Si]. The first-order chi connectivity index (χ1) is 1.00. The molecule has 0 aromatic carbocycles. The molecule has 0 fully saturated rings. The molecular weight excluding hydrogens is 85.9 g/mol. The quantitative estimate of drug-likeness (QED) is 0.293. The molecule has 0 atom stereocenters. The summed E-state index contributed by atoms with van der Waals surface area (Å²) >= 11 is 0. The molecule has 1 nitrogen and oxygen atoms in total. The molecule has 4 heteroatoms. The Hall–Kier alpha value is 0.382. The van der Waals surface area contributed by atoms with Crippen molar-refractivity contribution in [2.24, 2.45) is 0 Å². The van der Waals surface area contributed by atoms with Crippen molar-refractivity contribution in [2.45, 2.75) is 0 Å². The van der Waals surface area contributed by atoms with Crippen LogP contribution in [-0.4, -0.2) is 19.4 Å². The minimum absolute atomic E-state index is 0. The van der Waals surface area contributed by atoms with Crippen molar-refractivity contribution in [1.29, 1.82) is 0 Å². The molecule has 0 saturated carbocycles. The van der Waals surface area contributed by atoms with Crippen molar-refractivity contribution in [2.75, 3.05) is 0 Å². The fourth-order valence-electron chi connectivity index (χ4n) is 0. The van der Waals surface area contributed by atoms with Crippen LogP contribution >= 0.6 is 9.12 Å². The van der Waals surface area contributed by atoms with E-state index in [1.165, 1.54) is 0 Å². The number of hydrogen-bond donors (Lipinski definition) is 0. The zero-order chi connectivity index (χ0) is 2.00. The molecule has 0 rings (SSSR count). The van der Waals surface area contributed by atoms with Crippen LogP contribution in [0.5, 0.6) is 0 Å². The molecular formula is HBOPSi. The molecule has 0 aliphatic heterocycles. The topological polar surface area (TPSA) is 17.1 Å². The Kier molecular flexibility index (Phi) is 863. The van der Waals surface area contributed by atoms with Gasteiger partial charge in [-0.3, -0.25) is 4.57 Å². The zero-order valence-corrected chi connectivity index (χ0v) is 3.99. The molecule has 0 amide bonds. The van der Waals surface area contributed by atoms with E-state index in [9.17, 15) is 0 Å². The fraction of sp³-hybridized carbons (Fsp3) is 0. The third-order valence-corrected chi connectivity index (χ3v) is 0. The number of hydrogen-bond acceptors (Lipinski definition) is 1. The molecule has 0 heterocycles. The predicted octanol–water partition coefficient (Wildman–Crippen LogP) is -0.287. The molecule has 0 spiro atoms. The Labute approximate surface area is 34.0 Å². The van der Waals surface area contributed by atoms with E-state index in [0.29, 0.717) is 0 Å². The molecule has 0 bridgehead atoms. The third kappa shape index (κ3) is 31.2. The first kappa shape index (κ1) is 26.2. The van der Waals surface area contributed by atoms with Gasteiger partial charge in [-0.25, -0.2) is 0 Å². The summed E-state index contributed by atoms with van der Waals surface area (Å²) < 4.78 is 8.06. The van der Waals surface area contributed by atoms with Crippen LogP contribution in [0, 0.1) is 0 Å². The van der Waals surface area contributed by atoms with E-state index in [4.69, 9.17) is 4.57 Å². The molecule has 0 aromatic heterocycles. The summed E-state index contributed by atoms with van der Waals surface area (Å²) in [6, 6.07) is 0. The van der Waals surface area contributed by atoms with Crippen LogP contribution in [0.1, 0.15) is 0 Å². The van der Waals surface area contributed by atoms with Crippen LogP contribution in [0.4, 0.5) is 0 Å². The molecule has 0 N–H and O–H groups in total. The molecule has 0 saturated heterocycles. The van der Waals surface area contributed by atoms with E-state index < -0.39 is 0 Å². The van der Waals surface area contributed by atoms with Gasteiger partial charge in [-0.05, 0) is 0 Å². The van der Waals surface area contributed by atoms with Gasteiger partial charge < -0.3 is 0 Å².